The van der Waals surface area contributed by atoms with Crippen molar-refractivity contribution in [3.8, 4) is 0 Å². The Kier molecular flexibility index (Phi) is 15.9. The van der Waals surface area contributed by atoms with Crippen LogP contribution in [-0.2, 0) is 33.5 Å². The molecule has 4 rings (SSSR count). The number of amides is 6. The van der Waals surface area contributed by atoms with Gasteiger partial charge in [0.2, 0.25) is 29.4 Å². The fraction of sp³-hybridized carbons (Fsp3) is 0.535. The summed E-state index contributed by atoms with van der Waals surface area (Å²) in [5.41, 5.74) is 6.75. The SMILES string of the molecule is CCCC(NC(=O)[C@@H]1C[C@@H](OC(C)(C)C)CN1C(=O)[C@@H](NC(=O)c1ccccc1C(=O)O)C1CCCCC1)C(=O)C(=O)NCC(=O)NC(C(N)=O)c1cc(C)cc(C)c1. The van der Waals surface area contributed by atoms with E-state index in [9.17, 15) is 43.5 Å². The number of aryl methyl sites for hydroxylation is 2. The quantitative estimate of drug-likeness (QED) is 0.128. The molecule has 2 aromatic rings. The van der Waals surface area contributed by atoms with Crippen LogP contribution in [-0.4, -0.2) is 100 Å². The molecule has 1 saturated heterocycles. The molecule has 16 nitrogen and oxygen atoms in total. The van der Waals surface area contributed by atoms with Crippen LogP contribution < -0.4 is 27.0 Å². The molecule has 2 aromatic carbocycles. The molecule has 16 heteroatoms. The fourth-order valence-corrected chi connectivity index (χ4v) is 7.93. The molecular formula is C43H58N6O10. The topological polar surface area (TPSA) is 243 Å². The summed E-state index contributed by atoms with van der Waals surface area (Å²) in [6.45, 7) is 10.3. The minimum atomic E-state index is -1.31. The third kappa shape index (κ3) is 12.7. The van der Waals surface area contributed by atoms with Crippen molar-refractivity contribution >= 4 is 47.2 Å². The van der Waals surface area contributed by atoms with Crippen LogP contribution in [0.4, 0.5) is 0 Å². The van der Waals surface area contributed by atoms with E-state index in [2.05, 4.69) is 21.3 Å². The van der Waals surface area contributed by atoms with Gasteiger partial charge >= 0.3 is 5.97 Å². The number of primary amides is 1. The van der Waals surface area contributed by atoms with E-state index in [1.165, 1.54) is 29.2 Å². The van der Waals surface area contributed by atoms with Crippen LogP contribution in [0.1, 0.15) is 123 Å². The summed E-state index contributed by atoms with van der Waals surface area (Å²) in [5, 5.41) is 20.0. The number of ether oxygens (including phenoxy) is 1. The number of nitrogens with zero attached hydrogens (tertiary/aromatic N) is 1. The molecule has 5 atom stereocenters. The largest absolute Gasteiger partial charge is 0.478 e. The molecule has 2 aliphatic rings. The predicted molar refractivity (Wildman–Crippen MR) is 217 cm³/mol. The monoisotopic (exact) mass is 818 g/mol. The van der Waals surface area contributed by atoms with Crippen LogP contribution >= 0.6 is 0 Å². The first-order chi connectivity index (χ1) is 27.8. The van der Waals surface area contributed by atoms with E-state index in [1.807, 2.05) is 40.7 Å². The molecule has 1 aliphatic carbocycles. The van der Waals surface area contributed by atoms with Crippen LogP contribution in [0.5, 0.6) is 0 Å². The minimum absolute atomic E-state index is 0.00457. The van der Waals surface area contributed by atoms with Crippen LogP contribution in [0, 0.1) is 19.8 Å². The van der Waals surface area contributed by atoms with Gasteiger partial charge in [-0.25, -0.2) is 4.79 Å². The van der Waals surface area contributed by atoms with Crippen molar-refractivity contribution in [1.29, 1.82) is 0 Å². The lowest BCUT2D eigenvalue weighted by atomic mass is 9.83. The summed E-state index contributed by atoms with van der Waals surface area (Å²) in [6, 6.07) is 6.26. The van der Waals surface area contributed by atoms with Crippen LogP contribution in [0.15, 0.2) is 42.5 Å². The van der Waals surface area contributed by atoms with E-state index in [-0.39, 0.29) is 36.4 Å². The first-order valence-electron chi connectivity index (χ1n) is 20.2. The number of likely N-dealkylation sites (tertiary alicyclic amines) is 1. The minimum Gasteiger partial charge on any atom is -0.478 e. The Balaban J connectivity index is 1.52. The van der Waals surface area contributed by atoms with Crippen LogP contribution in [0.2, 0.25) is 0 Å². The summed E-state index contributed by atoms with van der Waals surface area (Å²) in [4.78, 5) is 108. The zero-order valence-electron chi connectivity index (χ0n) is 34.7. The summed E-state index contributed by atoms with van der Waals surface area (Å²) < 4.78 is 6.23. The number of benzene rings is 2. The molecule has 7 N–H and O–H groups in total. The van der Waals surface area contributed by atoms with E-state index < -0.39 is 89.6 Å². The maximum absolute atomic E-state index is 14.7. The highest BCUT2D eigenvalue weighted by Crippen LogP contribution is 2.31. The number of ketones is 1. The summed E-state index contributed by atoms with van der Waals surface area (Å²) in [7, 11) is 0. The molecule has 0 radical (unpaired) electrons. The van der Waals surface area contributed by atoms with Gasteiger partial charge in [-0.15, -0.1) is 0 Å². The zero-order valence-corrected chi connectivity index (χ0v) is 34.7. The number of nitrogens with one attached hydrogen (secondary N) is 4. The molecule has 1 aliphatic heterocycles. The Bertz CT molecular complexity index is 1900. The first kappa shape index (κ1) is 46.1. The van der Waals surface area contributed by atoms with Crippen molar-refractivity contribution < 1.29 is 48.2 Å². The number of hydrogen-bond donors (Lipinski definition) is 6. The zero-order chi connectivity index (χ0) is 43.6. The van der Waals surface area contributed by atoms with Gasteiger partial charge in [-0.2, -0.15) is 0 Å². The number of nitrogens with two attached hydrogens (primary N) is 1. The van der Waals surface area contributed by atoms with E-state index in [0.717, 1.165) is 30.4 Å². The van der Waals surface area contributed by atoms with Gasteiger partial charge in [0.15, 0.2) is 0 Å². The van der Waals surface area contributed by atoms with Crippen molar-refractivity contribution in [2.75, 3.05) is 13.1 Å². The highest BCUT2D eigenvalue weighted by molar-refractivity contribution is 6.38. The predicted octanol–water partition coefficient (Wildman–Crippen LogP) is 2.78. The lowest BCUT2D eigenvalue weighted by Crippen LogP contribution is -2.58. The summed E-state index contributed by atoms with van der Waals surface area (Å²) in [6.07, 6.45) is 3.75. The lowest BCUT2D eigenvalue weighted by molar-refractivity contribution is -0.143. The van der Waals surface area contributed by atoms with Crippen molar-refractivity contribution in [3.05, 3.63) is 70.3 Å². The Hall–Kier alpha value is -5.64. The highest BCUT2D eigenvalue weighted by Gasteiger charge is 2.46. The van der Waals surface area contributed by atoms with Gasteiger partial charge < -0.3 is 41.7 Å². The summed E-state index contributed by atoms with van der Waals surface area (Å²) >= 11 is 0. The van der Waals surface area contributed by atoms with Gasteiger partial charge in [-0.3, -0.25) is 33.6 Å². The average Bonchev–Trinajstić information content (AvgIpc) is 3.59. The second kappa shape index (κ2) is 20.4. The summed E-state index contributed by atoms with van der Waals surface area (Å²) in [5.74, 6) is -7.34. The van der Waals surface area contributed by atoms with E-state index in [1.54, 1.807) is 19.1 Å². The van der Waals surface area contributed by atoms with Crippen molar-refractivity contribution in [3.63, 3.8) is 0 Å². The maximum Gasteiger partial charge on any atom is 0.336 e. The number of hydrogen-bond acceptors (Lipinski definition) is 9. The Labute approximate surface area is 344 Å². The number of carboxylic acids is 1. The molecule has 1 saturated carbocycles. The molecule has 320 valence electrons. The van der Waals surface area contributed by atoms with Gasteiger partial charge in [0, 0.05) is 13.0 Å². The van der Waals surface area contributed by atoms with E-state index in [4.69, 9.17) is 10.5 Å². The average molecular weight is 819 g/mol. The smallest absolute Gasteiger partial charge is 0.336 e. The van der Waals surface area contributed by atoms with Crippen molar-refractivity contribution in [1.82, 2.24) is 26.2 Å². The number of carboxylic acid groups (broad SMARTS) is 1. The highest BCUT2D eigenvalue weighted by atomic mass is 16.5. The maximum atomic E-state index is 14.7. The first-order valence-corrected chi connectivity index (χ1v) is 20.2. The number of Topliss-reactive ketones (excluding diaryl/α,β-unsaturated/α-hetero) is 1. The molecule has 0 bridgehead atoms. The molecule has 0 aromatic heterocycles. The van der Waals surface area contributed by atoms with Crippen molar-refractivity contribution in [2.24, 2.45) is 11.7 Å². The fourth-order valence-electron chi connectivity index (χ4n) is 7.93. The van der Waals surface area contributed by atoms with Gasteiger partial charge in [0.25, 0.3) is 11.8 Å². The molecule has 1 heterocycles. The van der Waals surface area contributed by atoms with Gasteiger partial charge in [0.05, 0.1) is 35.4 Å². The lowest BCUT2D eigenvalue weighted by Gasteiger charge is -2.35. The molecule has 59 heavy (non-hydrogen) atoms. The third-order valence-electron chi connectivity index (χ3n) is 10.5. The van der Waals surface area contributed by atoms with Gasteiger partial charge in [-0.05, 0) is 77.5 Å². The Morgan fingerprint density at radius 3 is 2.10 bits per heavy atom. The molecule has 2 unspecified atom stereocenters. The van der Waals surface area contributed by atoms with Gasteiger partial charge in [-0.1, -0.05) is 74.1 Å². The van der Waals surface area contributed by atoms with Gasteiger partial charge in [0.1, 0.15) is 18.1 Å². The van der Waals surface area contributed by atoms with Crippen LogP contribution in [0.25, 0.3) is 0 Å². The third-order valence-corrected chi connectivity index (χ3v) is 10.5. The Morgan fingerprint density at radius 2 is 1.53 bits per heavy atom. The standard InChI is InChI=1S/C43H58N6O10/c1-7-13-31(36(51)40(55)45-22-33(50)47-34(37(44)52)27-19-24(2)18-25(3)20-27)46-39(54)32-21-28(59-43(4,5)6)23-49(32)41(56)35(26-14-9-8-10-15-26)48-38(53)29-16-11-12-17-30(29)42(57)58/h11-12,16-20,26,28,31-32,34-35H,7-10,13-15,21-23H2,1-6H3,(H2,44,52)(H,45,55)(H,46,54)(H,47,50)(H,48,53)(H,57,58)/t28-,31?,32+,34?,35+/m1/s1. The van der Waals surface area contributed by atoms with Crippen LogP contribution in [0.3, 0.4) is 0 Å². The normalized spacial score (nSPS) is 18.5. The molecule has 2 fully saturated rings. The molecule has 0 spiro atoms. The number of rotatable bonds is 17. The number of carbonyl (C=O) groups is 8. The van der Waals surface area contributed by atoms with E-state index >= 15 is 0 Å². The second-order valence-corrected chi connectivity index (χ2v) is 16.5. The Morgan fingerprint density at radius 1 is 0.898 bits per heavy atom. The number of aromatic carboxylic acids is 1. The van der Waals surface area contributed by atoms with E-state index in [0.29, 0.717) is 24.8 Å². The molecular weight excluding hydrogens is 761 g/mol. The second-order valence-electron chi connectivity index (χ2n) is 16.5. The number of carbonyl (C=O) groups excluding carboxylic acids is 7. The van der Waals surface area contributed by atoms with Crippen molar-refractivity contribution in [2.45, 2.75) is 129 Å². The molecule has 6 amide bonds.